The third-order valence-electron chi connectivity index (χ3n) is 5.41. The van der Waals surface area contributed by atoms with Gasteiger partial charge in [0.1, 0.15) is 12.6 Å². The fourth-order valence-corrected chi connectivity index (χ4v) is 3.52. The van der Waals surface area contributed by atoms with Gasteiger partial charge in [0.25, 0.3) is 0 Å². The van der Waals surface area contributed by atoms with E-state index in [2.05, 4.69) is 27.4 Å². The Kier molecular flexibility index (Phi) is 11.0. The van der Waals surface area contributed by atoms with Crippen LogP contribution in [0.1, 0.15) is 32.6 Å². The highest BCUT2D eigenvalue weighted by atomic mass is 16.5. The number of piperazine rings is 1. The van der Waals surface area contributed by atoms with Crippen LogP contribution in [0.15, 0.2) is 36.0 Å². The molecule has 0 spiro atoms. The molecule has 1 aliphatic heterocycles. The molecule has 31 heavy (non-hydrogen) atoms. The minimum Gasteiger partial charge on any atom is -0.461 e. The van der Waals surface area contributed by atoms with E-state index >= 15 is 0 Å². The largest absolute Gasteiger partial charge is 0.461 e. The van der Waals surface area contributed by atoms with Gasteiger partial charge in [-0.05, 0) is 32.0 Å². The predicted octanol–water partition coefficient (Wildman–Crippen LogP) is 1.01. The van der Waals surface area contributed by atoms with Gasteiger partial charge in [0.05, 0.1) is 6.42 Å². The maximum absolute atomic E-state index is 12.5. The summed E-state index contributed by atoms with van der Waals surface area (Å²) in [6, 6.07) is -0.135. The van der Waals surface area contributed by atoms with Crippen LogP contribution in [0.5, 0.6) is 0 Å². The lowest BCUT2D eigenvalue weighted by Crippen LogP contribution is -2.58. The van der Waals surface area contributed by atoms with Crippen molar-refractivity contribution in [2.24, 2.45) is 0 Å². The van der Waals surface area contributed by atoms with E-state index in [9.17, 15) is 14.4 Å². The average Bonchev–Trinajstić information content (AvgIpc) is 3.04. The quantitative estimate of drug-likeness (QED) is 0.374. The SMILES string of the molecule is CCN1CCN(C)CC1C(=O)NCCCC(=O)NCCC(=O)OCC1=CCC=CC=C1. The van der Waals surface area contributed by atoms with Crippen molar-refractivity contribution in [3.63, 3.8) is 0 Å². The summed E-state index contributed by atoms with van der Waals surface area (Å²) < 4.78 is 5.23. The number of amides is 2. The molecule has 2 amide bonds. The first-order valence-electron chi connectivity index (χ1n) is 11.1. The standard InChI is InChI=1S/C23H36N4O4/c1-3-27-16-15-26(2)17-20(27)23(30)25-13-8-11-21(28)24-14-12-22(29)31-18-19-9-6-4-5-7-10-19/h4-6,9-10,20H,3,7-8,11-18H2,1-2H3,(H,24,28)(H,25,30). The number of carbonyl (C=O) groups excluding carboxylic acids is 3. The Balaban J connectivity index is 1.53. The molecule has 0 radical (unpaired) electrons. The summed E-state index contributed by atoms with van der Waals surface area (Å²) >= 11 is 0. The second kappa shape index (κ2) is 13.8. The van der Waals surface area contributed by atoms with Gasteiger partial charge in [0.15, 0.2) is 0 Å². The smallest absolute Gasteiger partial charge is 0.307 e. The average molecular weight is 433 g/mol. The van der Waals surface area contributed by atoms with Gasteiger partial charge in [-0.25, -0.2) is 0 Å². The van der Waals surface area contributed by atoms with Crippen LogP contribution in [0.25, 0.3) is 0 Å². The maximum atomic E-state index is 12.5. The van der Waals surface area contributed by atoms with Crippen molar-refractivity contribution in [1.29, 1.82) is 0 Å². The molecule has 1 fully saturated rings. The Hall–Kier alpha value is -2.45. The Bertz CT molecular complexity index is 702. The summed E-state index contributed by atoms with van der Waals surface area (Å²) in [5, 5.41) is 5.67. The lowest BCUT2D eigenvalue weighted by molar-refractivity contribution is -0.142. The summed E-state index contributed by atoms with van der Waals surface area (Å²) in [6.07, 6.45) is 11.7. The zero-order valence-electron chi connectivity index (χ0n) is 18.8. The van der Waals surface area contributed by atoms with Crippen LogP contribution in [0.2, 0.25) is 0 Å². The number of hydrogen-bond acceptors (Lipinski definition) is 6. The molecule has 0 saturated carbocycles. The Morgan fingerprint density at radius 1 is 1.13 bits per heavy atom. The molecule has 1 heterocycles. The molecule has 2 rings (SSSR count). The molecule has 1 atom stereocenters. The van der Waals surface area contributed by atoms with E-state index in [4.69, 9.17) is 4.74 Å². The molecular formula is C23H36N4O4. The third-order valence-corrected chi connectivity index (χ3v) is 5.41. The second-order valence-corrected chi connectivity index (χ2v) is 7.86. The highest BCUT2D eigenvalue weighted by Gasteiger charge is 2.29. The van der Waals surface area contributed by atoms with Crippen molar-refractivity contribution < 1.29 is 19.1 Å². The molecule has 2 aliphatic rings. The van der Waals surface area contributed by atoms with E-state index < -0.39 is 0 Å². The topological polar surface area (TPSA) is 91.0 Å². The molecule has 1 saturated heterocycles. The highest BCUT2D eigenvalue weighted by Crippen LogP contribution is 2.08. The van der Waals surface area contributed by atoms with Crippen molar-refractivity contribution in [3.05, 3.63) is 36.0 Å². The fourth-order valence-electron chi connectivity index (χ4n) is 3.52. The van der Waals surface area contributed by atoms with E-state index in [0.717, 1.165) is 38.2 Å². The van der Waals surface area contributed by atoms with Gasteiger partial charge in [-0.2, -0.15) is 0 Å². The normalized spacial score (nSPS) is 19.4. The minimum absolute atomic E-state index is 0.0194. The number of likely N-dealkylation sites (N-methyl/N-ethyl adjacent to an activating group) is 2. The van der Waals surface area contributed by atoms with E-state index in [-0.39, 0.29) is 43.4 Å². The minimum atomic E-state index is -0.336. The number of nitrogens with one attached hydrogen (secondary N) is 2. The van der Waals surface area contributed by atoms with Gasteiger partial charge < -0.3 is 20.3 Å². The molecular weight excluding hydrogens is 396 g/mol. The Morgan fingerprint density at radius 2 is 1.97 bits per heavy atom. The van der Waals surface area contributed by atoms with Crippen LogP contribution in [-0.4, -0.2) is 86.5 Å². The van der Waals surface area contributed by atoms with Gasteiger partial charge >= 0.3 is 5.97 Å². The van der Waals surface area contributed by atoms with Crippen molar-refractivity contribution >= 4 is 17.8 Å². The van der Waals surface area contributed by atoms with Crippen LogP contribution in [0, 0.1) is 0 Å². The summed E-state index contributed by atoms with van der Waals surface area (Å²) in [5.74, 6) is -0.446. The Morgan fingerprint density at radius 3 is 2.77 bits per heavy atom. The molecule has 2 N–H and O–H groups in total. The number of hydrogen-bond donors (Lipinski definition) is 2. The molecule has 172 valence electrons. The van der Waals surface area contributed by atoms with Crippen molar-refractivity contribution in [2.45, 2.75) is 38.6 Å². The molecule has 8 heteroatoms. The van der Waals surface area contributed by atoms with Crippen molar-refractivity contribution in [2.75, 3.05) is 52.9 Å². The number of ether oxygens (including phenoxy) is 1. The van der Waals surface area contributed by atoms with Crippen LogP contribution in [0.4, 0.5) is 0 Å². The summed E-state index contributed by atoms with van der Waals surface area (Å²) in [5.41, 5.74) is 0.964. The van der Waals surface area contributed by atoms with Gasteiger partial charge in [0, 0.05) is 39.1 Å². The molecule has 0 bridgehead atoms. The lowest BCUT2D eigenvalue weighted by atomic mass is 10.1. The number of nitrogens with zero attached hydrogens (tertiary/aromatic N) is 2. The first-order chi connectivity index (χ1) is 15.0. The second-order valence-electron chi connectivity index (χ2n) is 7.86. The van der Waals surface area contributed by atoms with Crippen LogP contribution in [-0.2, 0) is 19.1 Å². The number of rotatable bonds is 11. The van der Waals surface area contributed by atoms with Gasteiger partial charge in [-0.3, -0.25) is 19.3 Å². The fraction of sp³-hybridized carbons (Fsp3) is 0.609. The Labute approximate surface area is 185 Å². The molecule has 0 aromatic carbocycles. The third kappa shape index (κ3) is 9.48. The van der Waals surface area contributed by atoms with E-state index in [0.29, 0.717) is 19.4 Å². The van der Waals surface area contributed by atoms with E-state index in [1.165, 1.54) is 0 Å². The number of esters is 1. The van der Waals surface area contributed by atoms with Crippen LogP contribution in [0.3, 0.4) is 0 Å². The first-order valence-corrected chi connectivity index (χ1v) is 11.1. The van der Waals surface area contributed by atoms with Gasteiger partial charge in [-0.15, -0.1) is 0 Å². The van der Waals surface area contributed by atoms with Gasteiger partial charge in [-0.1, -0.05) is 37.3 Å². The first kappa shape index (κ1) is 24.8. The zero-order valence-corrected chi connectivity index (χ0v) is 18.8. The number of carbonyl (C=O) groups is 3. The summed E-state index contributed by atoms with van der Waals surface area (Å²) in [6.45, 7) is 6.46. The van der Waals surface area contributed by atoms with Gasteiger partial charge in [0.2, 0.25) is 11.8 Å². The molecule has 0 aromatic rings. The summed E-state index contributed by atoms with van der Waals surface area (Å²) in [4.78, 5) is 40.6. The molecule has 0 aromatic heterocycles. The predicted molar refractivity (Wildman–Crippen MR) is 120 cm³/mol. The zero-order chi connectivity index (χ0) is 22.5. The molecule has 1 unspecified atom stereocenters. The number of allylic oxidation sites excluding steroid dienone is 4. The van der Waals surface area contributed by atoms with Crippen LogP contribution < -0.4 is 10.6 Å². The van der Waals surface area contributed by atoms with Crippen LogP contribution >= 0.6 is 0 Å². The molecule has 8 nitrogen and oxygen atoms in total. The maximum Gasteiger partial charge on any atom is 0.307 e. The van der Waals surface area contributed by atoms with Crippen molar-refractivity contribution in [3.8, 4) is 0 Å². The van der Waals surface area contributed by atoms with Crippen molar-refractivity contribution in [1.82, 2.24) is 20.4 Å². The van der Waals surface area contributed by atoms with E-state index in [1.54, 1.807) is 0 Å². The molecule has 1 aliphatic carbocycles. The summed E-state index contributed by atoms with van der Waals surface area (Å²) in [7, 11) is 2.02. The van der Waals surface area contributed by atoms with E-state index in [1.807, 2.05) is 37.4 Å². The highest BCUT2D eigenvalue weighted by molar-refractivity contribution is 5.82. The lowest BCUT2D eigenvalue weighted by Gasteiger charge is -2.38. The monoisotopic (exact) mass is 432 g/mol.